The lowest BCUT2D eigenvalue weighted by molar-refractivity contribution is -0.118. The quantitative estimate of drug-likeness (QED) is 0.543. The molecule has 25 heavy (non-hydrogen) atoms. The summed E-state index contributed by atoms with van der Waals surface area (Å²) >= 11 is 3.32. The van der Waals surface area contributed by atoms with E-state index in [2.05, 4.69) is 31.5 Å². The van der Waals surface area contributed by atoms with E-state index in [1.54, 1.807) is 48.8 Å². The van der Waals surface area contributed by atoms with Crippen molar-refractivity contribution in [1.82, 2.24) is 4.98 Å². The third-order valence-electron chi connectivity index (χ3n) is 3.62. The van der Waals surface area contributed by atoms with Crippen molar-refractivity contribution in [3.05, 3.63) is 79.3 Å². The number of primary amides is 1. The SMILES string of the molecule is NC(=O)C(Nc1c(Nc2ccncc2)c(=O)c1=O)c1cccc(Br)c1. The summed E-state index contributed by atoms with van der Waals surface area (Å²) in [5, 5.41) is 5.64. The van der Waals surface area contributed by atoms with Crippen LogP contribution in [0.15, 0.2) is 62.9 Å². The van der Waals surface area contributed by atoms with E-state index in [1.807, 2.05) is 0 Å². The highest BCUT2D eigenvalue weighted by molar-refractivity contribution is 9.10. The van der Waals surface area contributed by atoms with Gasteiger partial charge in [-0.1, -0.05) is 28.1 Å². The van der Waals surface area contributed by atoms with Crippen molar-refractivity contribution in [2.75, 3.05) is 10.6 Å². The topological polar surface area (TPSA) is 114 Å². The van der Waals surface area contributed by atoms with E-state index in [-0.39, 0.29) is 11.4 Å². The van der Waals surface area contributed by atoms with Gasteiger partial charge < -0.3 is 16.4 Å². The number of nitrogens with one attached hydrogen (secondary N) is 2. The van der Waals surface area contributed by atoms with Crippen LogP contribution in [0.4, 0.5) is 17.1 Å². The molecule has 1 aromatic heterocycles. The molecule has 0 saturated carbocycles. The molecule has 1 unspecified atom stereocenters. The summed E-state index contributed by atoms with van der Waals surface area (Å²) in [6, 6.07) is 9.32. The summed E-state index contributed by atoms with van der Waals surface area (Å²) in [5.41, 5.74) is 5.41. The Hall–Kier alpha value is -3.00. The number of amides is 1. The fourth-order valence-corrected chi connectivity index (χ4v) is 2.79. The lowest BCUT2D eigenvalue weighted by atomic mass is 10.0. The average molecular weight is 401 g/mol. The molecule has 0 radical (unpaired) electrons. The highest BCUT2D eigenvalue weighted by atomic mass is 79.9. The monoisotopic (exact) mass is 400 g/mol. The summed E-state index contributed by atoms with van der Waals surface area (Å²) in [6.07, 6.45) is 3.10. The fourth-order valence-electron chi connectivity index (χ4n) is 2.38. The molecule has 0 saturated heterocycles. The molecule has 1 amide bonds. The van der Waals surface area contributed by atoms with Gasteiger partial charge in [0.2, 0.25) is 5.91 Å². The third-order valence-corrected chi connectivity index (χ3v) is 4.11. The zero-order valence-corrected chi connectivity index (χ0v) is 14.4. The number of hydrogen-bond donors (Lipinski definition) is 3. The van der Waals surface area contributed by atoms with Crippen LogP contribution in [0.1, 0.15) is 11.6 Å². The number of benzene rings is 1. The first kappa shape index (κ1) is 16.8. The molecule has 3 aromatic rings. The Bertz CT molecular complexity index is 997. The molecular formula is C17H13BrN4O3. The van der Waals surface area contributed by atoms with Gasteiger partial charge in [-0.2, -0.15) is 0 Å². The first-order valence-electron chi connectivity index (χ1n) is 7.29. The van der Waals surface area contributed by atoms with Gasteiger partial charge in [0.25, 0.3) is 10.9 Å². The van der Waals surface area contributed by atoms with Crippen molar-refractivity contribution in [1.29, 1.82) is 0 Å². The van der Waals surface area contributed by atoms with Crippen LogP contribution in [0.5, 0.6) is 0 Å². The predicted octanol–water partition coefficient (Wildman–Crippen LogP) is 1.82. The highest BCUT2D eigenvalue weighted by Gasteiger charge is 2.26. The van der Waals surface area contributed by atoms with Crippen molar-refractivity contribution in [3.8, 4) is 0 Å². The minimum atomic E-state index is -0.946. The summed E-state index contributed by atoms with van der Waals surface area (Å²) < 4.78 is 0.762. The Morgan fingerprint density at radius 2 is 1.76 bits per heavy atom. The Balaban J connectivity index is 1.91. The van der Waals surface area contributed by atoms with E-state index < -0.39 is 22.8 Å². The molecule has 8 heteroatoms. The van der Waals surface area contributed by atoms with Crippen LogP contribution in [0.25, 0.3) is 0 Å². The van der Waals surface area contributed by atoms with Gasteiger partial charge in [-0.05, 0) is 29.8 Å². The molecule has 0 aliphatic heterocycles. The van der Waals surface area contributed by atoms with Crippen molar-refractivity contribution in [2.24, 2.45) is 5.73 Å². The fraction of sp³-hybridized carbons (Fsp3) is 0.0588. The lowest BCUT2D eigenvalue weighted by Crippen LogP contribution is -2.39. The van der Waals surface area contributed by atoms with E-state index in [1.165, 1.54) is 0 Å². The standard InChI is InChI=1S/C17H13BrN4O3/c18-10-3-1-2-9(8-10)12(17(19)25)22-14-13(15(23)16(14)24)21-11-4-6-20-7-5-11/h1-8,12,22H,(H2,19,25)(H,20,21). The zero-order chi connectivity index (χ0) is 18.0. The number of aromatic nitrogens is 1. The molecule has 1 atom stereocenters. The molecular weight excluding hydrogens is 388 g/mol. The molecule has 0 bridgehead atoms. The van der Waals surface area contributed by atoms with Crippen molar-refractivity contribution >= 4 is 38.9 Å². The van der Waals surface area contributed by atoms with Crippen LogP contribution in [0.3, 0.4) is 0 Å². The van der Waals surface area contributed by atoms with Crippen LogP contribution in [-0.4, -0.2) is 10.9 Å². The first-order valence-corrected chi connectivity index (χ1v) is 8.08. The van der Waals surface area contributed by atoms with E-state index in [0.29, 0.717) is 11.3 Å². The Morgan fingerprint density at radius 3 is 2.40 bits per heavy atom. The van der Waals surface area contributed by atoms with Gasteiger partial charge in [0.05, 0.1) is 0 Å². The van der Waals surface area contributed by atoms with Gasteiger partial charge >= 0.3 is 0 Å². The van der Waals surface area contributed by atoms with Gasteiger partial charge in [0.1, 0.15) is 17.4 Å². The van der Waals surface area contributed by atoms with Gasteiger partial charge in [-0.15, -0.1) is 0 Å². The van der Waals surface area contributed by atoms with Crippen LogP contribution < -0.4 is 27.2 Å². The average Bonchev–Trinajstić information content (AvgIpc) is 2.61. The maximum absolute atomic E-state index is 11.9. The maximum atomic E-state index is 11.9. The molecule has 0 aliphatic rings. The molecule has 0 aliphatic carbocycles. The minimum Gasteiger partial charge on any atom is -0.368 e. The summed E-state index contributed by atoms with van der Waals surface area (Å²) in [7, 11) is 0. The molecule has 126 valence electrons. The van der Waals surface area contributed by atoms with E-state index in [0.717, 1.165) is 4.47 Å². The summed E-state index contributed by atoms with van der Waals surface area (Å²) in [4.78, 5) is 39.5. The van der Waals surface area contributed by atoms with Gasteiger partial charge in [0.15, 0.2) is 0 Å². The second-order valence-electron chi connectivity index (χ2n) is 5.30. The number of nitrogens with two attached hydrogens (primary N) is 1. The van der Waals surface area contributed by atoms with Crippen molar-refractivity contribution in [2.45, 2.75) is 6.04 Å². The highest BCUT2D eigenvalue weighted by Crippen LogP contribution is 2.26. The summed E-state index contributed by atoms with van der Waals surface area (Å²) in [6.45, 7) is 0. The molecule has 4 N–H and O–H groups in total. The molecule has 0 fully saturated rings. The molecule has 0 spiro atoms. The number of carbonyl (C=O) groups is 1. The van der Waals surface area contributed by atoms with Crippen LogP contribution in [0, 0.1) is 0 Å². The van der Waals surface area contributed by atoms with Crippen LogP contribution >= 0.6 is 15.9 Å². The number of nitrogens with zero attached hydrogens (tertiary/aromatic N) is 1. The number of pyridine rings is 1. The lowest BCUT2D eigenvalue weighted by Gasteiger charge is -2.21. The normalized spacial score (nSPS) is 11.9. The van der Waals surface area contributed by atoms with Crippen LogP contribution in [-0.2, 0) is 4.79 Å². The van der Waals surface area contributed by atoms with Crippen molar-refractivity contribution in [3.63, 3.8) is 0 Å². The Morgan fingerprint density at radius 1 is 1.08 bits per heavy atom. The van der Waals surface area contributed by atoms with E-state index in [9.17, 15) is 14.4 Å². The first-order chi connectivity index (χ1) is 12.0. The summed E-state index contributed by atoms with van der Waals surface area (Å²) in [5.74, 6) is -0.666. The zero-order valence-electron chi connectivity index (χ0n) is 12.8. The smallest absolute Gasteiger partial charge is 0.253 e. The molecule has 2 aromatic carbocycles. The van der Waals surface area contributed by atoms with Gasteiger partial charge in [0, 0.05) is 22.6 Å². The minimum absolute atomic E-state index is 0.0330. The number of carbonyl (C=O) groups excluding carboxylic acids is 1. The molecule has 3 rings (SSSR count). The maximum Gasteiger partial charge on any atom is 0.253 e. The van der Waals surface area contributed by atoms with Gasteiger partial charge in [-0.3, -0.25) is 19.4 Å². The van der Waals surface area contributed by atoms with E-state index in [4.69, 9.17) is 5.73 Å². The molecule has 1 heterocycles. The number of rotatable bonds is 6. The predicted molar refractivity (Wildman–Crippen MR) is 98.6 cm³/mol. The molecule has 7 nitrogen and oxygen atoms in total. The Labute approximate surface area is 150 Å². The Kier molecular flexibility index (Phi) is 4.62. The van der Waals surface area contributed by atoms with Crippen molar-refractivity contribution < 1.29 is 4.79 Å². The number of anilines is 3. The van der Waals surface area contributed by atoms with E-state index >= 15 is 0 Å². The largest absolute Gasteiger partial charge is 0.368 e. The second kappa shape index (κ2) is 6.86. The number of hydrogen-bond acceptors (Lipinski definition) is 6. The third kappa shape index (κ3) is 3.43. The van der Waals surface area contributed by atoms with Crippen LogP contribution in [0.2, 0.25) is 0 Å². The van der Waals surface area contributed by atoms with Gasteiger partial charge in [-0.25, -0.2) is 0 Å². The second-order valence-corrected chi connectivity index (χ2v) is 6.22. The number of halogens is 1.